The first-order chi connectivity index (χ1) is 16.2. The summed E-state index contributed by atoms with van der Waals surface area (Å²) in [5, 5.41) is 8.72. The van der Waals surface area contributed by atoms with Crippen molar-refractivity contribution in [1.82, 2.24) is 38.2 Å². The second-order valence-electron chi connectivity index (χ2n) is 8.52. The summed E-state index contributed by atoms with van der Waals surface area (Å²) in [6.45, 7) is 2.06. The molecule has 0 aromatic carbocycles. The van der Waals surface area contributed by atoms with Gasteiger partial charge in [0.25, 0.3) is 0 Å². The third kappa shape index (κ3) is 3.92. The van der Waals surface area contributed by atoms with Gasteiger partial charge in [-0.15, -0.1) is 0 Å². The molecule has 13 heteroatoms. The topological polar surface area (TPSA) is 86.1 Å². The molecule has 0 bridgehead atoms. The molecule has 5 heterocycles. The summed E-state index contributed by atoms with van der Waals surface area (Å²) in [7, 11) is -1.20. The van der Waals surface area contributed by atoms with Gasteiger partial charge in [-0.05, 0) is 6.42 Å². The van der Waals surface area contributed by atoms with Crippen molar-refractivity contribution in [2.75, 3.05) is 13.1 Å². The number of halogens is 3. The van der Waals surface area contributed by atoms with E-state index < -0.39 is 22.0 Å². The van der Waals surface area contributed by atoms with Crippen LogP contribution in [0.3, 0.4) is 0 Å². The summed E-state index contributed by atoms with van der Waals surface area (Å²) < 4.78 is 56.9. The lowest BCUT2D eigenvalue weighted by atomic mass is 9.86. The summed E-state index contributed by atoms with van der Waals surface area (Å²) in [5.74, 6) is 0.612. The lowest BCUT2D eigenvalue weighted by molar-refractivity contribution is -0.0503. The highest BCUT2D eigenvalue weighted by Gasteiger charge is 2.53. The van der Waals surface area contributed by atoms with Gasteiger partial charge in [0.15, 0.2) is 0 Å². The molecular formula is C21H23F3N8OS. The maximum absolute atomic E-state index is 13.0. The summed E-state index contributed by atoms with van der Waals surface area (Å²) in [5.41, 5.74) is -2.47. The first-order valence-corrected chi connectivity index (χ1v) is 11.9. The van der Waals surface area contributed by atoms with Crippen LogP contribution in [0.15, 0.2) is 43.2 Å². The number of alkyl halides is 3. The third-order valence-electron chi connectivity index (χ3n) is 6.09. The summed E-state index contributed by atoms with van der Waals surface area (Å²) in [6, 6.07) is 1.87. The fourth-order valence-corrected chi connectivity index (χ4v) is 5.33. The molecule has 1 atom stereocenters. The van der Waals surface area contributed by atoms with Crippen LogP contribution in [0.1, 0.15) is 26.2 Å². The van der Waals surface area contributed by atoms with Crippen LogP contribution in [0.4, 0.5) is 13.2 Å². The van der Waals surface area contributed by atoms with Crippen LogP contribution in [-0.4, -0.2) is 61.0 Å². The van der Waals surface area contributed by atoms with Crippen molar-refractivity contribution in [3.8, 4) is 22.6 Å². The molecule has 1 saturated heterocycles. The Labute approximate surface area is 195 Å². The van der Waals surface area contributed by atoms with Crippen LogP contribution in [0.25, 0.3) is 28.3 Å². The molecule has 0 amide bonds. The first kappa shape index (κ1) is 22.7. The van der Waals surface area contributed by atoms with E-state index in [4.69, 9.17) is 4.98 Å². The van der Waals surface area contributed by atoms with E-state index in [1.54, 1.807) is 40.3 Å². The average molecular weight is 493 g/mol. The van der Waals surface area contributed by atoms with Crippen LogP contribution in [0, 0.1) is 0 Å². The molecule has 0 N–H and O–H groups in total. The van der Waals surface area contributed by atoms with Gasteiger partial charge in [-0.25, -0.2) is 18.5 Å². The van der Waals surface area contributed by atoms with Crippen LogP contribution in [0.5, 0.6) is 0 Å². The van der Waals surface area contributed by atoms with E-state index >= 15 is 0 Å². The van der Waals surface area contributed by atoms with Gasteiger partial charge in [0.05, 0.1) is 29.2 Å². The van der Waals surface area contributed by atoms with Crippen LogP contribution < -0.4 is 0 Å². The average Bonchev–Trinajstić information content (AvgIpc) is 3.52. The minimum absolute atomic E-state index is 0.0177. The van der Waals surface area contributed by atoms with Gasteiger partial charge in [0.2, 0.25) is 11.0 Å². The third-order valence-corrected chi connectivity index (χ3v) is 7.21. The molecule has 1 unspecified atom stereocenters. The molecule has 0 spiro atoms. The minimum atomic E-state index is -4.77. The van der Waals surface area contributed by atoms with E-state index in [1.807, 2.05) is 30.6 Å². The molecule has 1 aliphatic heterocycles. The second-order valence-corrected chi connectivity index (χ2v) is 10.00. The Morgan fingerprint density at radius 2 is 1.91 bits per heavy atom. The van der Waals surface area contributed by atoms with Gasteiger partial charge >= 0.3 is 5.51 Å². The number of aromatic nitrogens is 7. The first-order valence-electron chi connectivity index (χ1n) is 10.8. The van der Waals surface area contributed by atoms with Crippen molar-refractivity contribution in [3.63, 3.8) is 0 Å². The normalized spacial score (nSPS) is 17.2. The zero-order valence-corrected chi connectivity index (χ0v) is 19.4. The maximum atomic E-state index is 13.0. The molecule has 0 aliphatic carbocycles. The molecule has 34 heavy (non-hydrogen) atoms. The Morgan fingerprint density at radius 1 is 1.15 bits per heavy atom. The van der Waals surface area contributed by atoms with Gasteiger partial charge in [-0.1, -0.05) is 19.8 Å². The van der Waals surface area contributed by atoms with E-state index in [9.17, 15) is 17.4 Å². The number of aryl methyl sites for hydroxylation is 1. The van der Waals surface area contributed by atoms with Crippen molar-refractivity contribution in [2.24, 2.45) is 7.05 Å². The molecule has 180 valence electrons. The van der Waals surface area contributed by atoms with Crippen LogP contribution in [0.2, 0.25) is 0 Å². The van der Waals surface area contributed by atoms with Crippen LogP contribution >= 0.6 is 0 Å². The number of unbranched alkanes of at least 4 members (excludes halogenated alkanes) is 1. The Kier molecular flexibility index (Phi) is 5.55. The maximum Gasteiger partial charge on any atom is 0.485 e. The van der Waals surface area contributed by atoms with Crippen molar-refractivity contribution < 1.29 is 17.4 Å². The van der Waals surface area contributed by atoms with E-state index in [0.29, 0.717) is 29.1 Å². The van der Waals surface area contributed by atoms with Crippen molar-refractivity contribution in [1.29, 1.82) is 0 Å². The highest BCUT2D eigenvalue weighted by Crippen LogP contribution is 2.39. The summed E-state index contributed by atoms with van der Waals surface area (Å²) in [6.07, 6.45) is 12.9. The fourth-order valence-electron chi connectivity index (χ4n) is 4.32. The number of hydrogen-bond donors (Lipinski definition) is 0. The van der Waals surface area contributed by atoms with Gasteiger partial charge in [0, 0.05) is 56.6 Å². The lowest BCUT2D eigenvalue weighted by Crippen LogP contribution is -2.64. The molecule has 4 aromatic rings. The SMILES string of the molecule is CCCCC1(n2cc(-c3nc(-c4cnn(C)c4)cc4nccn34)cn2)CN(S(=O)C(F)(F)F)C1. The molecule has 4 aromatic heterocycles. The summed E-state index contributed by atoms with van der Waals surface area (Å²) >= 11 is 0. The Bertz CT molecular complexity index is 1350. The van der Waals surface area contributed by atoms with Gasteiger partial charge in [-0.2, -0.15) is 23.4 Å². The number of imidazole rings is 1. The summed E-state index contributed by atoms with van der Waals surface area (Å²) in [4.78, 5) is 9.21. The smallest absolute Gasteiger partial charge is 0.284 e. The Balaban J connectivity index is 1.50. The van der Waals surface area contributed by atoms with Gasteiger partial charge in [-0.3, -0.25) is 13.8 Å². The molecule has 0 radical (unpaired) electrons. The van der Waals surface area contributed by atoms with E-state index in [-0.39, 0.29) is 13.1 Å². The molecule has 0 saturated carbocycles. The molecule has 1 aliphatic rings. The van der Waals surface area contributed by atoms with E-state index in [1.165, 1.54) is 0 Å². The van der Waals surface area contributed by atoms with Crippen molar-refractivity contribution in [3.05, 3.63) is 43.2 Å². The minimum Gasteiger partial charge on any atom is -0.284 e. The van der Waals surface area contributed by atoms with Crippen molar-refractivity contribution >= 4 is 16.6 Å². The molecular weight excluding hydrogens is 469 g/mol. The highest BCUT2D eigenvalue weighted by molar-refractivity contribution is 7.83. The Morgan fingerprint density at radius 3 is 2.59 bits per heavy atom. The zero-order valence-electron chi connectivity index (χ0n) is 18.6. The zero-order chi connectivity index (χ0) is 24.1. The van der Waals surface area contributed by atoms with Gasteiger partial charge < -0.3 is 0 Å². The standard InChI is InChI=1S/C21H23F3N8OS/c1-3-4-5-20(13-30(14-20)34(33)21(22,23)24)32-12-16(10-27-32)19-28-17(15-9-26-29(2)11-15)8-18-25-6-7-31(18)19/h6-12H,3-5,13-14H2,1-2H3. The van der Waals surface area contributed by atoms with E-state index in [2.05, 4.69) is 15.2 Å². The predicted molar refractivity (Wildman–Crippen MR) is 120 cm³/mol. The Hall–Kier alpha value is -3.06. The lowest BCUT2D eigenvalue weighted by Gasteiger charge is -2.49. The number of fused-ring (bicyclic) bond motifs is 1. The molecule has 9 nitrogen and oxygen atoms in total. The number of hydrogen-bond acceptors (Lipinski definition) is 5. The van der Waals surface area contributed by atoms with Crippen molar-refractivity contribution in [2.45, 2.75) is 37.2 Å². The predicted octanol–water partition coefficient (Wildman–Crippen LogP) is 3.38. The van der Waals surface area contributed by atoms with Crippen LogP contribution in [-0.2, 0) is 23.6 Å². The highest BCUT2D eigenvalue weighted by atomic mass is 32.2. The quantitative estimate of drug-likeness (QED) is 0.395. The fraction of sp³-hybridized carbons (Fsp3) is 0.429. The monoisotopic (exact) mass is 492 g/mol. The number of nitrogens with zero attached hydrogens (tertiary/aromatic N) is 8. The number of rotatable bonds is 7. The van der Waals surface area contributed by atoms with E-state index in [0.717, 1.165) is 22.7 Å². The second kappa shape index (κ2) is 8.31. The molecule has 1 fully saturated rings. The van der Waals surface area contributed by atoms with Gasteiger partial charge in [0.1, 0.15) is 11.5 Å². The molecule has 5 rings (SSSR count). The largest absolute Gasteiger partial charge is 0.485 e.